The van der Waals surface area contributed by atoms with Gasteiger partial charge in [-0.1, -0.05) is 0 Å². The predicted molar refractivity (Wildman–Crippen MR) is 104 cm³/mol. The van der Waals surface area contributed by atoms with E-state index in [0.717, 1.165) is 60.9 Å². The van der Waals surface area contributed by atoms with Gasteiger partial charge >= 0.3 is 0 Å². The molecule has 3 aliphatic rings. The van der Waals surface area contributed by atoms with Crippen LogP contribution in [0.25, 0.3) is 16.7 Å². The average Bonchev–Trinajstić information content (AvgIpc) is 3.08. The van der Waals surface area contributed by atoms with Gasteiger partial charge in [-0.2, -0.15) is 0 Å². The molecule has 0 bridgehead atoms. The lowest BCUT2D eigenvalue weighted by Gasteiger charge is -2.34. The Hall–Kier alpha value is -2.86. The summed E-state index contributed by atoms with van der Waals surface area (Å²) in [5.74, 6) is 0.995. The monoisotopic (exact) mass is 346 g/mol. The molecule has 5 rings (SSSR count). The summed E-state index contributed by atoms with van der Waals surface area (Å²) in [6, 6.07) is 4.26. The van der Waals surface area contributed by atoms with Crippen molar-refractivity contribution in [1.82, 2.24) is 24.7 Å². The van der Waals surface area contributed by atoms with E-state index < -0.39 is 0 Å². The molecule has 0 unspecified atom stereocenters. The Balaban J connectivity index is 1.40. The molecule has 6 heteroatoms. The van der Waals surface area contributed by atoms with E-state index in [0.29, 0.717) is 0 Å². The summed E-state index contributed by atoms with van der Waals surface area (Å²) in [6.45, 7) is 5.04. The minimum absolute atomic E-state index is 0.834. The Morgan fingerprint density at radius 2 is 2.04 bits per heavy atom. The van der Waals surface area contributed by atoms with Crippen molar-refractivity contribution < 1.29 is 0 Å². The summed E-state index contributed by atoms with van der Waals surface area (Å²) in [5.41, 5.74) is 4.34. The first kappa shape index (κ1) is 15.4. The SMILES string of the molecule is Cn1ccc2cc(C3=CCN4C=C(N5CCNCC5)C=CC4=N3)cnc21. The third-order valence-electron chi connectivity index (χ3n) is 5.19. The smallest absolute Gasteiger partial charge is 0.139 e. The Morgan fingerprint density at radius 1 is 1.15 bits per heavy atom. The van der Waals surface area contributed by atoms with Crippen molar-refractivity contribution in [3.8, 4) is 0 Å². The highest BCUT2D eigenvalue weighted by Crippen LogP contribution is 2.25. The van der Waals surface area contributed by atoms with Gasteiger partial charge in [0.1, 0.15) is 11.5 Å². The molecule has 1 fully saturated rings. The zero-order valence-electron chi connectivity index (χ0n) is 14.9. The molecular weight excluding hydrogens is 324 g/mol. The number of rotatable bonds is 2. The second-order valence-corrected chi connectivity index (χ2v) is 6.90. The number of hydrogen-bond donors (Lipinski definition) is 1. The number of aryl methyl sites for hydroxylation is 1. The number of nitrogens with one attached hydrogen (secondary N) is 1. The minimum Gasteiger partial charge on any atom is -0.368 e. The molecule has 0 atom stereocenters. The molecule has 1 N–H and O–H groups in total. The van der Waals surface area contributed by atoms with Crippen LogP contribution >= 0.6 is 0 Å². The topological polar surface area (TPSA) is 48.7 Å². The van der Waals surface area contributed by atoms with Gasteiger partial charge in [-0.25, -0.2) is 9.98 Å². The molecule has 5 heterocycles. The minimum atomic E-state index is 0.834. The van der Waals surface area contributed by atoms with E-state index in [1.54, 1.807) is 0 Å². The molecule has 132 valence electrons. The predicted octanol–water partition coefficient (Wildman–Crippen LogP) is 1.94. The molecule has 6 nitrogen and oxygen atoms in total. The van der Waals surface area contributed by atoms with Crippen LogP contribution in [0.1, 0.15) is 5.56 Å². The van der Waals surface area contributed by atoms with Gasteiger partial charge in [0.05, 0.1) is 11.4 Å². The molecule has 2 aromatic heterocycles. The number of allylic oxidation sites excluding steroid dienone is 1. The fourth-order valence-corrected chi connectivity index (χ4v) is 3.71. The van der Waals surface area contributed by atoms with Crippen molar-refractivity contribution in [2.45, 2.75) is 0 Å². The number of hydrogen-bond acceptors (Lipinski definition) is 5. The molecule has 0 aromatic carbocycles. The molecule has 0 aliphatic carbocycles. The van der Waals surface area contributed by atoms with Crippen LogP contribution in [0.4, 0.5) is 0 Å². The van der Waals surface area contributed by atoms with Gasteiger partial charge in [-0.05, 0) is 30.4 Å². The lowest BCUT2D eigenvalue weighted by molar-refractivity contribution is 0.302. The van der Waals surface area contributed by atoms with Gasteiger partial charge < -0.3 is 19.7 Å². The number of pyridine rings is 1. The largest absolute Gasteiger partial charge is 0.368 e. The van der Waals surface area contributed by atoms with Crippen LogP contribution < -0.4 is 5.32 Å². The fourth-order valence-electron chi connectivity index (χ4n) is 3.71. The first-order valence-electron chi connectivity index (χ1n) is 9.10. The second-order valence-electron chi connectivity index (χ2n) is 6.90. The highest BCUT2D eigenvalue weighted by atomic mass is 15.2. The van der Waals surface area contributed by atoms with E-state index in [1.807, 2.05) is 24.0 Å². The maximum atomic E-state index is 4.86. The molecule has 0 spiro atoms. The van der Waals surface area contributed by atoms with Crippen molar-refractivity contribution in [2.24, 2.45) is 12.0 Å². The van der Waals surface area contributed by atoms with Crippen LogP contribution in [0.2, 0.25) is 0 Å². The van der Waals surface area contributed by atoms with Gasteiger partial charge in [-0.3, -0.25) is 0 Å². The number of amidine groups is 1. The summed E-state index contributed by atoms with van der Waals surface area (Å²) in [5, 5.41) is 4.55. The molecule has 2 aromatic rings. The van der Waals surface area contributed by atoms with Crippen LogP contribution in [0.5, 0.6) is 0 Å². The van der Waals surface area contributed by atoms with Crippen molar-refractivity contribution in [3.05, 3.63) is 60.2 Å². The summed E-state index contributed by atoms with van der Waals surface area (Å²) in [6.07, 6.45) is 12.7. The quantitative estimate of drug-likeness (QED) is 0.903. The number of nitrogens with zero attached hydrogens (tertiary/aromatic N) is 5. The third-order valence-corrected chi connectivity index (χ3v) is 5.19. The standard InChI is InChI=1S/C20H22N6/c1-24-8-4-15-12-16(13-22-20(15)24)18-5-9-26-14-17(2-3-19(26)23-18)25-10-6-21-7-11-25/h2-5,8,12-14,21H,6-7,9-11H2,1H3. The highest BCUT2D eigenvalue weighted by molar-refractivity contribution is 6.00. The van der Waals surface area contributed by atoms with Gasteiger partial charge in [-0.15, -0.1) is 0 Å². The first-order chi connectivity index (χ1) is 12.8. The molecular formula is C20H22N6. The molecule has 0 radical (unpaired) electrons. The Kier molecular flexibility index (Phi) is 3.64. The Labute approximate surface area is 152 Å². The Bertz CT molecular complexity index is 971. The van der Waals surface area contributed by atoms with Crippen LogP contribution in [-0.4, -0.2) is 57.9 Å². The van der Waals surface area contributed by atoms with Crippen LogP contribution in [0.15, 0.2) is 59.6 Å². The molecule has 0 saturated carbocycles. The first-order valence-corrected chi connectivity index (χ1v) is 9.10. The van der Waals surface area contributed by atoms with Crippen molar-refractivity contribution in [2.75, 3.05) is 32.7 Å². The number of fused-ring (bicyclic) bond motifs is 2. The lowest BCUT2D eigenvalue weighted by Crippen LogP contribution is -2.44. The van der Waals surface area contributed by atoms with E-state index in [4.69, 9.17) is 4.99 Å². The van der Waals surface area contributed by atoms with Crippen LogP contribution in [0, 0.1) is 0 Å². The van der Waals surface area contributed by atoms with Gasteiger partial charge in [0.2, 0.25) is 0 Å². The highest BCUT2D eigenvalue weighted by Gasteiger charge is 2.20. The summed E-state index contributed by atoms with van der Waals surface area (Å²) >= 11 is 0. The fraction of sp³-hybridized carbons (Fsp3) is 0.300. The second kappa shape index (κ2) is 6.14. The maximum Gasteiger partial charge on any atom is 0.139 e. The average molecular weight is 346 g/mol. The summed E-state index contributed by atoms with van der Waals surface area (Å²) in [4.78, 5) is 14.1. The van der Waals surface area contributed by atoms with Gasteiger partial charge in [0, 0.05) is 69.3 Å². The third kappa shape index (κ3) is 2.63. The normalized spacial score (nSPS) is 20.0. The molecule has 0 amide bonds. The summed E-state index contributed by atoms with van der Waals surface area (Å²) < 4.78 is 2.04. The van der Waals surface area contributed by atoms with Gasteiger partial charge in [0.25, 0.3) is 0 Å². The lowest BCUT2D eigenvalue weighted by atomic mass is 10.1. The van der Waals surface area contributed by atoms with Crippen molar-refractivity contribution in [1.29, 1.82) is 0 Å². The van der Waals surface area contributed by atoms with Crippen LogP contribution in [-0.2, 0) is 7.05 Å². The zero-order valence-corrected chi connectivity index (χ0v) is 14.9. The van der Waals surface area contributed by atoms with Crippen molar-refractivity contribution >= 4 is 22.6 Å². The maximum absolute atomic E-state index is 4.86. The van der Waals surface area contributed by atoms with E-state index in [9.17, 15) is 0 Å². The van der Waals surface area contributed by atoms with E-state index in [1.165, 1.54) is 5.70 Å². The summed E-state index contributed by atoms with van der Waals surface area (Å²) in [7, 11) is 2.02. The van der Waals surface area contributed by atoms with E-state index >= 15 is 0 Å². The van der Waals surface area contributed by atoms with E-state index in [-0.39, 0.29) is 0 Å². The number of aliphatic imine (C=N–C) groups is 1. The Morgan fingerprint density at radius 3 is 2.92 bits per heavy atom. The number of piperazine rings is 1. The number of aromatic nitrogens is 2. The van der Waals surface area contributed by atoms with Gasteiger partial charge in [0.15, 0.2) is 0 Å². The van der Waals surface area contributed by atoms with Crippen molar-refractivity contribution in [3.63, 3.8) is 0 Å². The molecule has 3 aliphatic heterocycles. The zero-order chi connectivity index (χ0) is 17.5. The molecule has 26 heavy (non-hydrogen) atoms. The molecule has 1 saturated heterocycles. The van der Waals surface area contributed by atoms with E-state index in [2.05, 4.69) is 56.7 Å². The van der Waals surface area contributed by atoms with Crippen LogP contribution in [0.3, 0.4) is 0 Å².